The second-order valence-electron chi connectivity index (χ2n) is 5.70. The third-order valence-corrected chi connectivity index (χ3v) is 4.44. The number of benzene rings is 1. The molecule has 2 aliphatic rings. The lowest BCUT2D eigenvalue weighted by atomic mass is 9.82. The number of aliphatic hydroxyl groups excluding tert-OH is 1. The molecule has 3 heteroatoms. The summed E-state index contributed by atoms with van der Waals surface area (Å²) in [6, 6.07) is 8.35. The molecule has 1 unspecified atom stereocenters. The second kappa shape index (κ2) is 5.33. The van der Waals surface area contributed by atoms with Gasteiger partial charge in [0.25, 0.3) is 0 Å². The van der Waals surface area contributed by atoms with E-state index in [9.17, 15) is 9.90 Å². The van der Waals surface area contributed by atoms with Crippen LogP contribution in [0.5, 0.6) is 0 Å². The van der Waals surface area contributed by atoms with Crippen molar-refractivity contribution in [2.75, 3.05) is 13.1 Å². The number of nitrogens with zero attached hydrogens (tertiary/aromatic N) is 1. The van der Waals surface area contributed by atoms with Crippen LogP contribution in [-0.4, -0.2) is 35.1 Å². The van der Waals surface area contributed by atoms with Crippen LogP contribution in [0.1, 0.15) is 42.7 Å². The fourth-order valence-electron chi connectivity index (χ4n) is 3.32. The van der Waals surface area contributed by atoms with Crippen LogP contribution in [0.15, 0.2) is 24.3 Å². The Hall–Kier alpha value is -1.35. The molecule has 3 rings (SSSR count). The topological polar surface area (TPSA) is 40.5 Å². The first-order valence-electron chi connectivity index (χ1n) is 7.30. The Morgan fingerprint density at radius 2 is 1.89 bits per heavy atom. The highest BCUT2D eigenvalue weighted by atomic mass is 16.3. The Morgan fingerprint density at radius 1 is 1.16 bits per heavy atom. The summed E-state index contributed by atoms with van der Waals surface area (Å²) in [6.45, 7) is 1.41. The van der Waals surface area contributed by atoms with Crippen molar-refractivity contribution in [1.29, 1.82) is 0 Å². The van der Waals surface area contributed by atoms with Gasteiger partial charge < -0.3 is 10.0 Å². The number of carbonyl (C=O) groups excluding carboxylic acids is 1. The first-order chi connectivity index (χ1) is 9.25. The lowest BCUT2D eigenvalue weighted by Crippen LogP contribution is -2.43. The van der Waals surface area contributed by atoms with Crippen molar-refractivity contribution in [2.24, 2.45) is 0 Å². The van der Waals surface area contributed by atoms with Gasteiger partial charge in [-0.05, 0) is 43.2 Å². The summed E-state index contributed by atoms with van der Waals surface area (Å²) in [5, 5.41) is 9.54. The van der Waals surface area contributed by atoms with Crippen LogP contribution in [0.2, 0.25) is 0 Å². The Labute approximate surface area is 114 Å². The highest BCUT2D eigenvalue weighted by Crippen LogP contribution is 2.33. The van der Waals surface area contributed by atoms with E-state index in [1.165, 1.54) is 11.1 Å². The van der Waals surface area contributed by atoms with E-state index >= 15 is 0 Å². The zero-order valence-corrected chi connectivity index (χ0v) is 11.2. The van der Waals surface area contributed by atoms with Gasteiger partial charge in [0.05, 0.1) is 12.0 Å². The molecule has 0 spiro atoms. The quantitative estimate of drug-likeness (QED) is 0.839. The first-order valence-corrected chi connectivity index (χ1v) is 7.30. The lowest BCUT2D eigenvalue weighted by Gasteiger charge is -2.34. The minimum absolute atomic E-state index is 0.0418. The molecule has 1 fully saturated rings. The number of rotatable bonds is 1. The average molecular weight is 259 g/mol. The van der Waals surface area contributed by atoms with Crippen LogP contribution in [0.4, 0.5) is 0 Å². The monoisotopic (exact) mass is 259 g/mol. The second-order valence-corrected chi connectivity index (χ2v) is 5.70. The molecule has 1 atom stereocenters. The minimum atomic E-state index is -0.220. The number of aryl methyl sites for hydroxylation is 1. The first kappa shape index (κ1) is 12.7. The van der Waals surface area contributed by atoms with Crippen LogP contribution in [0.3, 0.4) is 0 Å². The zero-order valence-electron chi connectivity index (χ0n) is 11.2. The van der Waals surface area contributed by atoms with Crippen molar-refractivity contribution in [3.05, 3.63) is 35.4 Å². The molecular formula is C16H21NO2. The van der Waals surface area contributed by atoms with Crippen molar-refractivity contribution in [1.82, 2.24) is 4.90 Å². The molecule has 102 valence electrons. The summed E-state index contributed by atoms with van der Waals surface area (Å²) in [7, 11) is 0. The molecule has 19 heavy (non-hydrogen) atoms. The highest BCUT2D eigenvalue weighted by molar-refractivity contribution is 5.84. The number of aliphatic hydroxyl groups is 1. The third-order valence-electron chi connectivity index (χ3n) is 4.44. The van der Waals surface area contributed by atoms with Crippen molar-refractivity contribution in [3.8, 4) is 0 Å². The van der Waals surface area contributed by atoms with Gasteiger partial charge in [-0.15, -0.1) is 0 Å². The summed E-state index contributed by atoms with van der Waals surface area (Å²) < 4.78 is 0. The molecule has 1 aliphatic carbocycles. The summed E-state index contributed by atoms with van der Waals surface area (Å²) in [6.07, 6.45) is 4.39. The molecule has 1 amide bonds. The highest BCUT2D eigenvalue weighted by Gasteiger charge is 2.31. The number of hydrogen-bond acceptors (Lipinski definition) is 2. The SMILES string of the molecule is O=C(C1CCCc2ccccc21)N1CCC(O)CC1. The van der Waals surface area contributed by atoms with Crippen LogP contribution in [-0.2, 0) is 11.2 Å². The van der Waals surface area contributed by atoms with E-state index in [1.807, 2.05) is 11.0 Å². The fourth-order valence-corrected chi connectivity index (χ4v) is 3.32. The van der Waals surface area contributed by atoms with Gasteiger partial charge >= 0.3 is 0 Å². The Morgan fingerprint density at radius 3 is 2.68 bits per heavy atom. The van der Waals surface area contributed by atoms with Gasteiger partial charge in [0.1, 0.15) is 0 Å². The summed E-state index contributed by atoms with van der Waals surface area (Å²) >= 11 is 0. The molecule has 3 nitrogen and oxygen atoms in total. The van der Waals surface area contributed by atoms with E-state index in [4.69, 9.17) is 0 Å². The molecule has 1 aromatic carbocycles. The Kier molecular flexibility index (Phi) is 3.56. The molecular weight excluding hydrogens is 238 g/mol. The maximum absolute atomic E-state index is 12.7. The number of carbonyl (C=O) groups is 1. The summed E-state index contributed by atoms with van der Waals surface area (Å²) in [5.41, 5.74) is 2.56. The molecule has 0 aromatic heterocycles. The molecule has 0 bridgehead atoms. The van der Waals surface area contributed by atoms with Gasteiger partial charge in [0.15, 0.2) is 0 Å². The Bertz CT molecular complexity index is 464. The van der Waals surface area contributed by atoms with Gasteiger partial charge in [-0.2, -0.15) is 0 Å². The molecule has 0 radical (unpaired) electrons. The standard InChI is InChI=1S/C16H21NO2/c18-13-8-10-17(11-9-13)16(19)15-7-3-5-12-4-1-2-6-14(12)15/h1-2,4,6,13,15,18H,3,5,7-11H2. The van der Waals surface area contributed by atoms with Crippen LogP contribution in [0.25, 0.3) is 0 Å². The van der Waals surface area contributed by atoms with E-state index in [0.717, 1.165) is 32.1 Å². The molecule has 1 N–H and O–H groups in total. The summed E-state index contributed by atoms with van der Waals surface area (Å²) in [5.74, 6) is 0.305. The van der Waals surface area contributed by atoms with E-state index in [-0.39, 0.29) is 17.9 Å². The van der Waals surface area contributed by atoms with E-state index in [1.54, 1.807) is 0 Å². The Balaban J connectivity index is 1.78. The minimum Gasteiger partial charge on any atom is -0.393 e. The number of amides is 1. The van der Waals surface area contributed by atoms with Crippen molar-refractivity contribution in [2.45, 2.75) is 44.1 Å². The molecule has 1 aliphatic heterocycles. The number of fused-ring (bicyclic) bond motifs is 1. The van der Waals surface area contributed by atoms with Gasteiger partial charge in [-0.3, -0.25) is 4.79 Å². The molecule has 1 saturated heterocycles. The summed E-state index contributed by atoms with van der Waals surface area (Å²) in [4.78, 5) is 14.6. The van der Waals surface area contributed by atoms with Crippen LogP contribution < -0.4 is 0 Å². The van der Waals surface area contributed by atoms with Crippen LogP contribution >= 0.6 is 0 Å². The van der Waals surface area contributed by atoms with E-state index in [2.05, 4.69) is 18.2 Å². The van der Waals surface area contributed by atoms with Gasteiger partial charge in [-0.1, -0.05) is 24.3 Å². The number of likely N-dealkylation sites (tertiary alicyclic amines) is 1. The molecule has 0 saturated carbocycles. The third kappa shape index (κ3) is 2.52. The lowest BCUT2D eigenvalue weighted by molar-refractivity contribution is -0.135. The van der Waals surface area contributed by atoms with Crippen molar-refractivity contribution < 1.29 is 9.90 Å². The predicted octanol–water partition coefficient (Wildman–Crippen LogP) is 2.09. The number of piperidine rings is 1. The van der Waals surface area contributed by atoms with E-state index in [0.29, 0.717) is 13.1 Å². The average Bonchev–Trinajstić information content (AvgIpc) is 2.47. The maximum Gasteiger partial charge on any atom is 0.230 e. The predicted molar refractivity (Wildman–Crippen MR) is 73.9 cm³/mol. The van der Waals surface area contributed by atoms with E-state index < -0.39 is 0 Å². The van der Waals surface area contributed by atoms with Crippen molar-refractivity contribution >= 4 is 5.91 Å². The van der Waals surface area contributed by atoms with Gasteiger partial charge in [-0.25, -0.2) is 0 Å². The van der Waals surface area contributed by atoms with Gasteiger partial charge in [0.2, 0.25) is 5.91 Å². The molecule has 1 heterocycles. The number of hydrogen-bond donors (Lipinski definition) is 1. The zero-order chi connectivity index (χ0) is 13.2. The van der Waals surface area contributed by atoms with Crippen LogP contribution in [0, 0.1) is 0 Å². The van der Waals surface area contributed by atoms with Gasteiger partial charge in [0, 0.05) is 13.1 Å². The normalized spacial score (nSPS) is 24.1. The van der Waals surface area contributed by atoms with Crippen molar-refractivity contribution in [3.63, 3.8) is 0 Å². The maximum atomic E-state index is 12.7. The molecule has 1 aromatic rings. The smallest absolute Gasteiger partial charge is 0.230 e. The fraction of sp³-hybridized carbons (Fsp3) is 0.562. The largest absolute Gasteiger partial charge is 0.393 e.